The van der Waals surface area contributed by atoms with Gasteiger partial charge in [-0.2, -0.15) is 0 Å². The van der Waals surface area contributed by atoms with Crippen LogP contribution < -0.4 is 15.2 Å². The summed E-state index contributed by atoms with van der Waals surface area (Å²) >= 11 is 0. The van der Waals surface area contributed by atoms with Crippen LogP contribution in [0.25, 0.3) is 10.8 Å². The highest BCUT2D eigenvalue weighted by atomic mass is 16.5. The number of carbonyl (C=O) groups excluding carboxylic acids is 1. The summed E-state index contributed by atoms with van der Waals surface area (Å²) in [4.78, 5) is 26.7. The van der Waals surface area contributed by atoms with Crippen LogP contribution in [0.5, 0.6) is 17.2 Å². The number of ether oxygens (including phenoxy) is 2. The summed E-state index contributed by atoms with van der Waals surface area (Å²) in [6.45, 7) is 12.3. The molecule has 1 fully saturated rings. The summed E-state index contributed by atoms with van der Waals surface area (Å²) in [6, 6.07) is 13.7. The number of carboxylic acids is 1. The molecule has 0 unspecified atom stereocenters. The molecule has 0 aliphatic heterocycles. The van der Waals surface area contributed by atoms with Crippen LogP contribution in [0.2, 0.25) is 0 Å². The van der Waals surface area contributed by atoms with Crippen molar-refractivity contribution in [2.24, 2.45) is 17.1 Å². The number of amides is 1. The predicted molar refractivity (Wildman–Crippen MR) is 159 cm³/mol. The third-order valence-corrected chi connectivity index (χ3v) is 7.05. The Morgan fingerprint density at radius 1 is 0.975 bits per heavy atom. The van der Waals surface area contributed by atoms with E-state index in [1.165, 1.54) is 31.2 Å². The van der Waals surface area contributed by atoms with E-state index in [2.05, 4.69) is 37.9 Å². The van der Waals surface area contributed by atoms with E-state index in [1.54, 1.807) is 13.2 Å². The Morgan fingerprint density at radius 3 is 2.05 bits per heavy atom. The Bertz CT molecular complexity index is 1330. The fraction of sp³-hybridized carbons (Fsp3) is 0.485. The number of hydrogen-bond donors (Lipinski definition) is 2. The fourth-order valence-electron chi connectivity index (χ4n) is 5.02. The molecule has 7 nitrogen and oxygen atoms in total. The molecule has 40 heavy (non-hydrogen) atoms. The van der Waals surface area contributed by atoms with Gasteiger partial charge in [-0.25, -0.2) is 4.98 Å². The predicted octanol–water partition coefficient (Wildman–Crippen LogP) is 7.67. The van der Waals surface area contributed by atoms with Gasteiger partial charge in [-0.15, -0.1) is 0 Å². The fourth-order valence-corrected chi connectivity index (χ4v) is 5.02. The maximum Gasteiger partial charge on any atom is 0.303 e. The van der Waals surface area contributed by atoms with Crippen molar-refractivity contribution in [2.75, 3.05) is 7.11 Å². The smallest absolute Gasteiger partial charge is 0.303 e. The number of pyridine rings is 1. The van der Waals surface area contributed by atoms with Gasteiger partial charge in [0.25, 0.3) is 5.91 Å². The second-order valence-corrected chi connectivity index (χ2v) is 12.9. The third kappa shape index (κ3) is 8.44. The molecule has 1 aromatic heterocycles. The van der Waals surface area contributed by atoms with Gasteiger partial charge in [-0.3, -0.25) is 9.59 Å². The molecule has 0 saturated heterocycles. The van der Waals surface area contributed by atoms with Crippen LogP contribution in [0.4, 0.5) is 0 Å². The first-order valence-corrected chi connectivity index (χ1v) is 14.0. The van der Waals surface area contributed by atoms with Crippen LogP contribution in [0.1, 0.15) is 95.4 Å². The second-order valence-electron chi connectivity index (χ2n) is 12.9. The van der Waals surface area contributed by atoms with E-state index in [0.29, 0.717) is 17.4 Å². The van der Waals surface area contributed by atoms with E-state index in [1.807, 2.05) is 45.0 Å². The van der Waals surface area contributed by atoms with Crippen molar-refractivity contribution >= 4 is 22.6 Å². The molecule has 3 aromatic rings. The summed E-state index contributed by atoms with van der Waals surface area (Å²) in [7, 11) is 1.63. The molecular weight excluding hydrogens is 504 g/mol. The van der Waals surface area contributed by atoms with Crippen molar-refractivity contribution in [1.29, 1.82) is 0 Å². The molecule has 0 spiro atoms. The van der Waals surface area contributed by atoms with Crippen LogP contribution in [-0.4, -0.2) is 29.1 Å². The van der Waals surface area contributed by atoms with Crippen LogP contribution in [0.15, 0.2) is 42.5 Å². The number of nitrogens with zero attached hydrogens (tertiary/aromatic N) is 1. The molecule has 1 amide bonds. The van der Waals surface area contributed by atoms with Crippen LogP contribution >= 0.6 is 0 Å². The number of benzene rings is 2. The number of primary amides is 1. The number of carbonyl (C=O) groups is 2. The lowest BCUT2D eigenvalue weighted by Crippen LogP contribution is -2.15. The Kier molecular flexibility index (Phi) is 9.82. The number of carboxylic acid groups (broad SMARTS) is 1. The lowest BCUT2D eigenvalue weighted by Gasteiger charge is -2.20. The summed E-state index contributed by atoms with van der Waals surface area (Å²) in [5.41, 5.74) is 7.97. The zero-order valence-corrected chi connectivity index (χ0v) is 25.0. The monoisotopic (exact) mass is 548 g/mol. The maximum absolute atomic E-state index is 12.0. The van der Waals surface area contributed by atoms with Gasteiger partial charge < -0.3 is 20.3 Å². The minimum atomic E-state index is -0.725. The first-order valence-electron chi connectivity index (χ1n) is 14.0. The minimum Gasteiger partial charge on any atom is -0.496 e. The Balaban J connectivity index is 0.000000482. The summed E-state index contributed by atoms with van der Waals surface area (Å²) in [5.74, 6) is 1.44. The van der Waals surface area contributed by atoms with Crippen molar-refractivity contribution in [3.63, 3.8) is 0 Å². The van der Waals surface area contributed by atoms with Crippen molar-refractivity contribution in [3.8, 4) is 17.2 Å². The zero-order valence-electron chi connectivity index (χ0n) is 25.0. The van der Waals surface area contributed by atoms with Gasteiger partial charge in [0, 0.05) is 10.8 Å². The highest BCUT2D eigenvalue weighted by molar-refractivity contribution is 6.01. The Hall–Kier alpha value is -3.61. The lowest BCUT2D eigenvalue weighted by molar-refractivity contribution is -0.139. The number of hydrogen-bond acceptors (Lipinski definition) is 5. The number of nitrogens with two attached hydrogens (primary N) is 1. The highest BCUT2D eigenvalue weighted by Crippen LogP contribution is 2.40. The van der Waals surface area contributed by atoms with Crippen molar-refractivity contribution in [2.45, 2.75) is 85.5 Å². The molecule has 1 heterocycles. The molecule has 0 atom stereocenters. The molecule has 1 saturated carbocycles. The maximum atomic E-state index is 12.0. The molecule has 0 bridgehead atoms. The molecule has 216 valence electrons. The van der Waals surface area contributed by atoms with Gasteiger partial charge in [0.2, 0.25) is 0 Å². The number of aromatic nitrogens is 1. The summed E-state index contributed by atoms with van der Waals surface area (Å²) < 4.78 is 12.0. The van der Waals surface area contributed by atoms with Crippen molar-refractivity contribution in [1.82, 2.24) is 4.98 Å². The summed E-state index contributed by atoms with van der Waals surface area (Å²) in [5, 5.41) is 9.94. The Labute approximate surface area is 238 Å². The largest absolute Gasteiger partial charge is 0.496 e. The van der Waals surface area contributed by atoms with Gasteiger partial charge >= 0.3 is 5.97 Å². The highest BCUT2D eigenvalue weighted by Gasteiger charge is 2.23. The quantitative estimate of drug-likeness (QED) is 0.313. The topological polar surface area (TPSA) is 112 Å². The first kappa shape index (κ1) is 30.9. The van der Waals surface area contributed by atoms with E-state index in [9.17, 15) is 9.59 Å². The number of aliphatic carboxylic acids is 1. The SMILES string of the molecule is CC(C)(C)CC(=O)O.COc1ccc(Oc2ccc(C(C)(C)C)cc2)c2c(CC3CCCC3)nc(C(N)=O)cc12. The van der Waals surface area contributed by atoms with Gasteiger partial charge in [-0.1, -0.05) is 79.4 Å². The zero-order chi connectivity index (χ0) is 29.7. The molecule has 1 aliphatic carbocycles. The lowest BCUT2D eigenvalue weighted by atomic mass is 9.87. The van der Waals surface area contributed by atoms with Crippen LogP contribution in [0, 0.1) is 11.3 Å². The van der Waals surface area contributed by atoms with E-state index < -0.39 is 11.9 Å². The molecule has 2 aromatic carbocycles. The minimum absolute atomic E-state index is 0.0775. The standard InChI is InChI=1S/C27H32N2O3.C6H12O2/c1-27(2,3)18-9-11-19(12-10-18)32-24-14-13-23(31-4)20-16-22(26(28)30)29-21(25(20)24)15-17-7-5-6-8-17;1-6(2,3)4-5(7)8/h9-14,16-17H,5-8,15H2,1-4H3,(H2,28,30);4H2,1-3H3,(H,7,8). The molecular formula is C33H44N2O5. The van der Waals surface area contributed by atoms with Crippen molar-refractivity contribution in [3.05, 3.63) is 59.4 Å². The van der Waals surface area contributed by atoms with Gasteiger partial charge in [0.1, 0.15) is 22.9 Å². The van der Waals surface area contributed by atoms with Gasteiger partial charge in [-0.05, 0) is 59.1 Å². The molecule has 1 aliphatic rings. The summed E-state index contributed by atoms with van der Waals surface area (Å²) in [6.07, 6.45) is 5.88. The van der Waals surface area contributed by atoms with E-state index >= 15 is 0 Å². The van der Waals surface area contributed by atoms with Crippen LogP contribution in [-0.2, 0) is 16.6 Å². The molecule has 7 heteroatoms. The second kappa shape index (κ2) is 12.7. The molecule has 0 radical (unpaired) electrons. The van der Waals surface area contributed by atoms with E-state index in [4.69, 9.17) is 20.3 Å². The average Bonchev–Trinajstić information content (AvgIpc) is 3.35. The number of methoxy groups -OCH3 is 1. The van der Waals surface area contributed by atoms with E-state index in [-0.39, 0.29) is 22.9 Å². The molecule has 4 rings (SSSR count). The Morgan fingerprint density at radius 2 is 1.57 bits per heavy atom. The molecule has 3 N–H and O–H groups in total. The van der Waals surface area contributed by atoms with Crippen molar-refractivity contribution < 1.29 is 24.2 Å². The van der Waals surface area contributed by atoms with E-state index in [0.717, 1.165) is 28.6 Å². The number of fused-ring (bicyclic) bond motifs is 1. The normalized spacial score (nSPS) is 14.0. The van der Waals surface area contributed by atoms with Gasteiger partial charge in [0.05, 0.1) is 19.2 Å². The average molecular weight is 549 g/mol. The first-order chi connectivity index (χ1) is 18.7. The van der Waals surface area contributed by atoms with Gasteiger partial charge in [0.15, 0.2) is 0 Å². The number of rotatable bonds is 7. The van der Waals surface area contributed by atoms with Crippen LogP contribution in [0.3, 0.4) is 0 Å². The third-order valence-electron chi connectivity index (χ3n) is 7.05.